The highest BCUT2D eigenvalue weighted by Gasteiger charge is 2.10. The molecule has 0 aliphatic rings. The van der Waals surface area contributed by atoms with E-state index in [1.807, 2.05) is 0 Å². The van der Waals surface area contributed by atoms with Gasteiger partial charge >= 0.3 is 0 Å². The van der Waals surface area contributed by atoms with Crippen molar-refractivity contribution < 1.29 is 8.78 Å². The predicted molar refractivity (Wildman–Crippen MR) is 72.0 cm³/mol. The molecule has 0 saturated heterocycles. The van der Waals surface area contributed by atoms with Gasteiger partial charge in [-0.3, -0.25) is 4.98 Å². The smallest absolute Gasteiger partial charge is 0.168 e. The van der Waals surface area contributed by atoms with Crippen LogP contribution in [-0.4, -0.2) is 4.98 Å². The van der Waals surface area contributed by atoms with Crippen LogP contribution in [-0.2, 0) is 6.54 Å². The fourth-order valence-corrected chi connectivity index (χ4v) is 1.45. The van der Waals surface area contributed by atoms with Crippen LogP contribution in [0.15, 0.2) is 36.5 Å². The molecule has 18 heavy (non-hydrogen) atoms. The Morgan fingerprint density at radius 2 is 1.83 bits per heavy atom. The summed E-state index contributed by atoms with van der Waals surface area (Å²) in [6.07, 6.45) is 1.53. The molecular formula is C12H12Cl2F2N2. The van der Waals surface area contributed by atoms with Gasteiger partial charge in [0, 0.05) is 18.3 Å². The molecule has 0 fully saturated rings. The van der Waals surface area contributed by atoms with Gasteiger partial charge in [-0.05, 0) is 29.8 Å². The molecule has 0 aliphatic carbocycles. The van der Waals surface area contributed by atoms with Gasteiger partial charge in [0.1, 0.15) is 0 Å². The summed E-state index contributed by atoms with van der Waals surface area (Å²) >= 11 is 0. The van der Waals surface area contributed by atoms with Crippen LogP contribution in [0, 0.1) is 11.6 Å². The summed E-state index contributed by atoms with van der Waals surface area (Å²) in [7, 11) is 0. The normalized spacial score (nSPS) is 9.28. The number of halogens is 4. The fourth-order valence-electron chi connectivity index (χ4n) is 1.45. The molecule has 0 radical (unpaired) electrons. The maximum absolute atomic E-state index is 13.5. The van der Waals surface area contributed by atoms with Crippen molar-refractivity contribution in [3.8, 4) is 11.3 Å². The first-order valence-corrected chi connectivity index (χ1v) is 4.81. The van der Waals surface area contributed by atoms with Gasteiger partial charge in [-0.25, -0.2) is 8.78 Å². The van der Waals surface area contributed by atoms with Crippen LogP contribution in [0.3, 0.4) is 0 Å². The molecule has 2 nitrogen and oxygen atoms in total. The third-order valence-corrected chi connectivity index (χ3v) is 2.29. The summed E-state index contributed by atoms with van der Waals surface area (Å²) in [6.45, 7) is 0.340. The quantitative estimate of drug-likeness (QED) is 0.922. The van der Waals surface area contributed by atoms with Crippen molar-refractivity contribution in [1.29, 1.82) is 0 Å². The van der Waals surface area contributed by atoms with E-state index in [1.54, 1.807) is 12.1 Å². The first-order chi connectivity index (χ1) is 7.72. The molecule has 6 heteroatoms. The third kappa shape index (κ3) is 3.38. The first kappa shape index (κ1) is 16.8. The minimum absolute atomic E-state index is 0. The minimum atomic E-state index is -0.885. The highest BCUT2D eigenvalue weighted by atomic mass is 35.5. The molecule has 2 N–H and O–H groups in total. The molecule has 0 amide bonds. The summed E-state index contributed by atoms with van der Waals surface area (Å²) < 4.78 is 26.5. The molecule has 1 heterocycles. The summed E-state index contributed by atoms with van der Waals surface area (Å²) in [5.74, 6) is -1.76. The summed E-state index contributed by atoms with van der Waals surface area (Å²) in [4.78, 5) is 4.00. The molecule has 0 aliphatic heterocycles. The van der Waals surface area contributed by atoms with Crippen LogP contribution in [0.1, 0.15) is 5.56 Å². The third-order valence-electron chi connectivity index (χ3n) is 2.29. The molecule has 98 valence electrons. The molecule has 0 saturated carbocycles. The van der Waals surface area contributed by atoms with Crippen molar-refractivity contribution in [2.24, 2.45) is 5.73 Å². The second-order valence-electron chi connectivity index (χ2n) is 3.35. The predicted octanol–water partition coefficient (Wildman–Crippen LogP) is 3.33. The van der Waals surface area contributed by atoms with Crippen LogP contribution >= 0.6 is 24.8 Å². The number of benzene rings is 1. The Labute approximate surface area is 116 Å². The van der Waals surface area contributed by atoms with Gasteiger partial charge in [0.15, 0.2) is 11.6 Å². The molecule has 2 rings (SSSR count). The zero-order valence-electron chi connectivity index (χ0n) is 9.27. The van der Waals surface area contributed by atoms with E-state index in [-0.39, 0.29) is 30.4 Å². The molecule has 2 aromatic rings. The monoisotopic (exact) mass is 292 g/mol. The molecule has 0 spiro atoms. The van der Waals surface area contributed by atoms with Gasteiger partial charge in [-0.15, -0.1) is 24.8 Å². The zero-order valence-corrected chi connectivity index (χ0v) is 10.9. The summed E-state index contributed by atoms with van der Waals surface area (Å²) in [5.41, 5.74) is 6.83. The van der Waals surface area contributed by atoms with E-state index in [2.05, 4.69) is 4.98 Å². The van der Waals surface area contributed by atoms with Gasteiger partial charge in [0.25, 0.3) is 0 Å². The van der Waals surface area contributed by atoms with Crippen molar-refractivity contribution >= 4 is 24.8 Å². The van der Waals surface area contributed by atoms with Crippen molar-refractivity contribution in [1.82, 2.24) is 4.98 Å². The van der Waals surface area contributed by atoms with Crippen molar-refractivity contribution in [3.05, 3.63) is 53.7 Å². The lowest BCUT2D eigenvalue weighted by Crippen LogP contribution is -1.98. The van der Waals surface area contributed by atoms with Gasteiger partial charge in [0.2, 0.25) is 0 Å². The van der Waals surface area contributed by atoms with Gasteiger partial charge in [-0.2, -0.15) is 0 Å². The Morgan fingerprint density at radius 1 is 1.11 bits per heavy atom. The molecular weight excluding hydrogens is 281 g/mol. The number of nitrogens with zero attached hydrogens (tertiary/aromatic N) is 1. The van der Waals surface area contributed by atoms with E-state index in [9.17, 15) is 8.78 Å². The molecule has 1 aromatic carbocycles. The SMILES string of the molecule is Cl.Cl.NCc1ccnc(-c2cccc(F)c2F)c1. The van der Waals surface area contributed by atoms with E-state index in [0.717, 1.165) is 11.6 Å². The summed E-state index contributed by atoms with van der Waals surface area (Å²) in [6, 6.07) is 7.40. The van der Waals surface area contributed by atoms with E-state index in [0.29, 0.717) is 12.2 Å². The van der Waals surface area contributed by atoms with Crippen LogP contribution in [0.5, 0.6) is 0 Å². The first-order valence-electron chi connectivity index (χ1n) is 4.81. The topological polar surface area (TPSA) is 38.9 Å². The largest absolute Gasteiger partial charge is 0.326 e. The van der Waals surface area contributed by atoms with Crippen LogP contribution < -0.4 is 5.73 Å². The molecule has 0 unspecified atom stereocenters. The number of nitrogens with two attached hydrogens (primary N) is 1. The standard InChI is InChI=1S/C12H10F2N2.2ClH/c13-10-3-1-2-9(12(10)14)11-6-8(7-15)4-5-16-11;;/h1-6H,7,15H2;2*1H. The van der Waals surface area contributed by atoms with Gasteiger partial charge in [0.05, 0.1) is 5.69 Å². The Morgan fingerprint density at radius 3 is 2.50 bits per heavy atom. The van der Waals surface area contributed by atoms with Crippen molar-refractivity contribution in [3.63, 3.8) is 0 Å². The lowest BCUT2D eigenvalue weighted by Gasteiger charge is -2.04. The number of hydrogen-bond acceptors (Lipinski definition) is 2. The Kier molecular flexibility index (Phi) is 6.76. The molecule has 0 bridgehead atoms. The van der Waals surface area contributed by atoms with E-state index in [4.69, 9.17) is 5.73 Å². The van der Waals surface area contributed by atoms with Gasteiger partial charge in [-0.1, -0.05) is 6.07 Å². The number of hydrogen-bond donors (Lipinski definition) is 1. The number of rotatable bonds is 2. The maximum atomic E-state index is 13.5. The fraction of sp³-hybridized carbons (Fsp3) is 0.0833. The second kappa shape index (κ2) is 7.26. The van der Waals surface area contributed by atoms with Crippen LogP contribution in [0.4, 0.5) is 8.78 Å². The molecule has 0 atom stereocenters. The zero-order chi connectivity index (χ0) is 11.5. The lowest BCUT2D eigenvalue weighted by atomic mass is 10.1. The Hall–Kier alpha value is -1.23. The van der Waals surface area contributed by atoms with Crippen molar-refractivity contribution in [2.75, 3.05) is 0 Å². The Balaban J connectivity index is 0.00000144. The maximum Gasteiger partial charge on any atom is 0.168 e. The van der Waals surface area contributed by atoms with Crippen LogP contribution in [0.25, 0.3) is 11.3 Å². The lowest BCUT2D eigenvalue weighted by molar-refractivity contribution is 0.511. The van der Waals surface area contributed by atoms with E-state index in [1.165, 1.54) is 18.3 Å². The second-order valence-corrected chi connectivity index (χ2v) is 3.35. The summed E-state index contributed by atoms with van der Waals surface area (Å²) in [5, 5.41) is 0. The van der Waals surface area contributed by atoms with E-state index < -0.39 is 11.6 Å². The highest BCUT2D eigenvalue weighted by Crippen LogP contribution is 2.22. The van der Waals surface area contributed by atoms with Crippen LogP contribution in [0.2, 0.25) is 0 Å². The van der Waals surface area contributed by atoms with Gasteiger partial charge < -0.3 is 5.73 Å². The average Bonchev–Trinajstić information content (AvgIpc) is 2.33. The van der Waals surface area contributed by atoms with E-state index >= 15 is 0 Å². The molecule has 1 aromatic heterocycles. The minimum Gasteiger partial charge on any atom is -0.326 e. The Bertz CT molecular complexity index is 521. The number of aromatic nitrogens is 1. The van der Waals surface area contributed by atoms with Crippen molar-refractivity contribution in [2.45, 2.75) is 6.54 Å². The highest BCUT2D eigenvalue weighted by molar-refractivity contribution is 5.85. The average molecular weight is 293 g/mol. The number of pyridine rings is 1.